The molecule has 0 radical (unpaired) electrons. The van der Waals surface area contributed by atoms with E-state index in [1.165, 1.54) is 26.7 Å². The lowest BCUT2D eigenvalue weighted by Gasteiger charge is -2.20. The molecule has 1 aromatic rings. The van der Waals surface area contributed by atoms with Crippen molar-refractivity contribution in [3.8, 4) is 0 Å². The first-order valence-electron chi connectivity index (χ1n) is 11.9. The van der Waals surface area contributed by atoms with Gasteiger partial charge < -0.3 is 24.9 Å². The number of rotatable bonds is 16. The zero-order chi connectivity index (χ0) is 25.8. The van der Waals surface area contributed by atoms with Crippen molar-refractivity contribution in [2.24, 2.45) is 0 Å². The van der Waals surface area contributed by atoms with Gasteiger partial charge in [-0.15, -0.1) is 0 Å². The number of H-pyrrole nitrogens is 1. The number of amides is 1. The fraction of sp³-hybridized carbons (Fsp3) is 0.560. The number of Topliss-reactive ketones (excluding diaryl/α,β-unsaturated/α-hetero) is 2. The number of imidazole rings is 1. The van der Waals surface area contributed by atoms with Gasteiger partial charge in [-0.25, -0.2) is 9.78 Å². The first kappa shape index (κ1) is 27.8. The molecule has 0 aliphatic heterocycles. The summed E-state index contributed by atoms with van der Waals surface area (Å²) < 4.78 is 10.1. The van der Waals surface area contributed by atoms with Gasteiger partial charge in [0, 0.05) is 35.9 Å². The molecule has 1 aliphatic rings. The van der Waals surface area contributed by atoms with Crippen molar-refractivity contribution in [1.29, 1.82) is 0 Å². The summed E-state index contributed by atoms with van der Waals surface area (Å²) in [7, 11) is 2.70. The zero-order valence-corrected chi connectivity index (χ0v) is 20.6. The highest BCUT2D eigenvalue weighted by Crippen LogP contribution is 2.28. The van der Waals surface area contributed by atoms with E-state index in [0.717, 1.165) is 38.5 Å². The largest absolute Gasteiger partial charge is 0.489 e. The molecule has 1 aliphatic carbocycles. The predicted molar refractivity (Wildman–Crippen MR) is 127 cm³/mol. The lowest BCUT2D eigenvalue weighted by molar-refractivity contribution is -0.141. The lowest BCUT2D eigenvalue weighted by Crippen LogP contribution is -2.42. The normalized spacial score (nSPS) is 14.8. The summed E-state index contributed by atoms with van der Waals surface area (Å²) in [6.07, 6.45) is 10.2. The number of hydrogen-bond acceptors (Lipinski definition) is 7. The van der Waals surface area contributed by atoms with Gasteiger partial charge in [-0.1, -0.05) is 32.1 Å². The molecule has 2 rings (SSSR count). The van der Waals surface area contributed by atoms with Crippen LogP contribution in [-0.2, 0) is 35.1 Å². The molecule has 0 saturated heterocycles. The van der Waals surface area contributed by atoms with Crippen LogP contribution >= 0.6 is 0 Å². The number of nitrogens with one attached hydrogen (secondary N) is 2. The number of ketones is 2. The van der Waals surface area contributed by atoms with Gasteiger partial charge in [-0.05, 0) is 26.2 Å². The Kier molecular flexibility index (Phi) is 11.2. The Bertz CT molecular complexity index is 964. The van der Waals surface area contributed by atoms with E-state index >= 15 is 0 Å². The van der Waals surface area contributed by atoms with Crippen molar-refractivity contribution in [1.82, 2.24) is 15.3 Å². The highest BCUT2D eigenvalue weighted by atomic mass is 16.5. The molecule has 1 amide bonds. The van der Waals surface area contributed by atoms with Crippen LogP contribution in [0.5, 0.6) is 0 Å². The maximum Gasteiger partial charge on any atom is 0.326 e. The number of carboxylic acid groups (broad SMARTS) is 1. The number of carboxylic acids is 1. The van der Waals surface area contributed by atoms with E-state index in [-0.39, 0.29) is 41.8 Å². The summed E-state index contributed by atoms with van der Waals surface area (Å²) >= 11 is 0. The van der Waals surface area contributed by atoms with Crippen LogP contribution in [0, 0.1) is 0 Å². The highest BCUT2D eigenvalue weighted by Gasteiger charge is 2.34. The average Bonchev–Trinajstić information content (AvgIpc) is 3.34. The molecule has 35 heavy (non-hydrogen) atoms. The van der Waals surface area contributed by atoms with Crippen LogP contribution in [0.1, 0.15) is 70.4 Å². The Morgan fingerprint density at radius 3 is 2.17 bits per heavy atom. The van der Waals surface area contributed by atoms with E-state index < -0.39 is 12.0 Å². The van der Waals surface area contributed by atoms with Crippen LogP contribution in [0.2, 0.25) is 0 Å². The molecular formula is C25H35N3O7. The highest BCUT2D eigenvalue weighted by molar-refractivity contribution is 6.23. The molecule has 0 saturated carbocycles. The van der Waals surface area contributed by atoms with Gasteiger partial charge in [0.1, 0.15) is 6.04 Å². The molecule has 10 nitrogen and oxygen atoms in total. The van der Waals surface area contributed by atoms with E-state index in [2.05, 4.69) is 15.3 Å². The molecule has 1 heterocycles. The zero-order valence-electron chi connectivity index (χ0n) is 20.6. The Hall–Kier alpha value is -3.43. The van der Waals surface area contributed by atoms with Crippen LogP contribution < -0.4 is 5.32 Å². The number of allylic oxidation sites excluding steroid dienone is 2. The summed E-state index contributed by atoms with van der Waals surface area (Å²) in [6, 6.07) is -0.982. The summed E-state index contributed by atoms with van der Waals surface area (Å²) in [5, 5.41) is 11.9. The molecule has 192 valence electrons. The molecule has 0 spiro atoms. The SMILES string of the molecule is COC1=C(OC)C(=O)C(CCCCCCCCCC(=O)N[C@@H](Cc2cnc[nH]2)C(=O)O)=C(C)C1=O. The number of hydrogen-bond donors (Lipinski definition) is 3. The molecule has 1 aromatic heterocycles. The van der Waals surface area contributed by atoms with Gasteiger partial charge in [0.2, 0.25) is 29.0 Å². The fourth-order valence-corrected chi connectivity index (χ4v) is 4.05. The number of ether oxygens (including phenoxy) is 2. The minimum Gasteiger partial charge on any atom is -0.489 e. The lowest BCUT2D eigenvalue weighted by atomic mass is 9.89. The second kappa shape index (κ2) is 14.1. The topological polar surface area (TPSA) is 148 Å². The van der Waals surface area contributed by atoms with Crippen molar-refractivity contribution in [2.75, 3.05) is 14.2 Å². The quantitative estimate of drug-likeness (QED) is 0.237. The Morgan fingerprint density at radius 2 is 1.60 bits per heavy atom. The number of aromatic nitrogens is 2. The molecule has 10 heteroatoms. The molecule has 1 atom stereocenters. The summed E-state index contributed by atoms with van der Waals surface area (Å²) in [5.41, 5.74) is 1.56. The van der Waals surface area contributed by atoms with E-state index in [4.69, 9.17) is 9.47 Å². The minimum absolute atomic E-state index is 0.0295. The second-order valence-corrected chi connectivity index (χ2v) is 8.54. The number of unbranched alkanes of at least 4 members (excludes halogenated alkanes) is 6. The molecule has 0 aromatic carbocycles. The molecule has 0 fully saturated rings. The third kappa shape index (κ3) is 8.08. The van der Waals surface area contributed by atoms with Crippen molar-refractivity contribution in [3.05, 3.63) is 40.9 Å². The maximum absolute atomic E-state index is 12.6. The number of carbonyl (C=O) groups is 4. The van der Waals surface area contributed by atoms with E-state index in [9.17, 15) is 24.3 Å². The first-order chi connectivity index (χ1) is 16.8. The molecule has 3 N–H and O–H groups in total. The second-order valence-electron chi connectivity index (χ2n) is 8.54. The summed E-state index contributed by atoms with van der Waals surface area (Å²) in [5.74, 6) is -2.00. The standard InChI is InChI=1S/C25H35N3O7/c1-16-18(22(31)24(35-3)23(34-2)21(16)30)11-9-7-5-4-6-8-10-12-20(29)28-19(25(32)33)13-17-14-26-15-27-17/h14-15,19H,4-13H2,1-3H3,(H,26,27)(H,28,29)(H,32,33)/t19-/m0/s1. The number of nitrogens with zero attached hydrogens (tertiary/aromatic N) is 1. The van der Waals surface area contributed by atoms with Crippen LogP contribution in [0.15, 0.2) is 35.2 Å². The third-order valence-corrected chi connectivity index (χ3v) is 6.04. The summed E-state index contributed by atoms with van der Waals surface area (Å²) in [6.45, 7) is 1.65. The van der Waals surface area contributed by atoms with Crippen molar-refractivity contribution < 1.29 is 33.8 Å². The van der Waals surface area contributed by atoms with Crippen LogP contribution in [0.4, 0.5) is 0 Å². The minimum atomic E-state index is -1.08. The van der Waals surface area contributed by atoms with Crippen molar-refractivity contribution in [3.63, 3.8) is 0 Å². The van der Waals surface area contributed by atoms with Crippen LogP contribution in [0.3, 0.4) is 0 Å². The van der Waals surface area contributed by atoms with Gasteiger partial charge in [0.05, 0.1) is 20.5 Å². The van der Waals surface area contributed by atoms with Gasteiger partial charge >= 0.3 is 5.97 Å². The number of aromatic amines is 1. The Balaban J connectivity index is 1.60. The molecule has 0 unspecified atom stereocenters. The van der Waals surface area contributed by atoms with Crippen molar-refractivity contribution >= 4 is 23.4 Å². The monoisotopic (exact) mass is 489 g/mol. The van der Waals surface area contributed by atoms with Crippen LogP contribution in [-0.4, -0.2) is 58.8 Å². The van der Waals surface area contributed by atoms with Crippen molar-refractivity contribution in [2.45, 2.75) is 77.2 Å². The van der Waals surface area contributed by atoms with E-state index in [0.29, 0.717) is 29.7 Å². The third-order valence-electron chi connectivity index (χ3n) is 6.04. The molecular weight excluding hydrogens is 454 g/mol. The van der Waals surface area contributed by atoms with Gasteiger partial charge in [0.25, 0.3) is 0 Å². The van der Waals surface area contributed by atoms with Gasteiger partial charge in [0.15, 0.2) is 0 Å². The Labute approximate surface area is 205 Å². The number of methoxy groups -OCH3 is 2. The van der Waals surface area contributed by atoms with Gasteiger partial charge in [-0.2, -0.15) is 0 Å². The van der Waals surface area contributed by atoms with Crippen LogP contribution in [0.25, 0.3) is 0 Å². The van der Waals surface area contributed by atoms with E-state index in [1.54, 1.807) is 6.92 Å². The number of aliphatic carboxylic acids is 1. The first-order valence-corrected chi connectivity index (χ1v) is 11.9. The summed E-state index contributed by atoms with van der Waals surface area (Å²) in [4.78, 5) is 55.2. The smallest absolute Gasteiger partial charge is 0.326 e. The van der Waals surface area contributed by atoms with E-state index in [1.807, 2.05) is 0 Å². The number of carbonyl (C=O) groups excluding carboxylic acids is 3. The Morgan fingerprint density at radius 1 is 1.00 bits per heavy atom. The maximum atomic E-state index is 12.6. The molecule has 0 bridgehead atoms. The average molecular weight is 490 g/mol. The van der Waals surface area contributed by atoms with Gasteiger partial charge in [-0.3, -0.25) is 14.4 Å². The fourth-order valence-electron chi connectivity index (χ4n) is 4.05. The predicted octanol–water partition coefficient (Wildman–Crippen LogP) is 3.01.